The van der Waals surface area contributed by atoms with Crippen molar-refractivity contribution in [2.75, 3.05) is 24.6 Å². The van der Waals surface area contributed by atoms with Gasteiger partial charge in [0, 0.05) is 12.1 Å². The third-order valence-corrected chi connectivity index (χ3v) is 5.80. The van der Waals surface area contributed by atoms with Gasteiger partial charge in [-0.3, -0.25) is 19.2 Å². The summed E-state index contributed by atoms with van der Waals surface area (Å²) in [4.78, 5) is 22.0. The van der Waals surface area contributed by atoms with Crippen LogP contribution in [-0.2, 0) is 19.6 Å². The highest BCUT2D eigenvalue weighted by Crippen LogP contribution is 2.29. The summed E-state index contributed by atoms with van der Waals surface area (Å²) in [5, 5.41) is 11.1. The van der Waals surface area contributed by atoms with Gasteiger partial charge in [0.1, 0.15) is 12.3 Å². The van der Waals surface area contributed by atoms with Gasteiger partial charge in [0.15, 0.2) is 0 Å². The fourth-order valence-corrected chi connectivity index (χ4v) is 4.13. The van der Waals surface area contributed by atoms with Gasteiger partial charge in [-0.2, -0.15) is 0 Å². The summed E-state index contributed by atoms with van der Waals surface area (Å²) in [7, 11) is -3.14. The Balaban J connectivity index is 2.57. The van der Waals surface area contributed by atoms with Crippen molar-refractivity contribution in [3.63, 3.8) is 0 Å². The van der Waals surface area contributed by atoms with Crippen molar-refractivity contribution in [2.24, 2.45) is 0 Å². The summed E-state index contributed by atoms with van der Waals surface area (Å²) in [5.74, 6) is -0.242. The Morgan fingerprint density at radius 3 is 2.36 bits per heavy atom. The van der Waals surface area contributed by atoms with Crippen LogP contribution in [0.4, 0.5) is 11.4 Å². The van der Waals surface area contributed by atoms with Crippen LogP contribution in [-0.4, -0.2) is 39.6 Å². The van der Waals surface area contributed by atoms with Crippen LogP contribution in [0.2, 0.25) is 0 Å². The molecule has 0 fully saturated rings. The smallest absolute Gasteiger partial charge is 0.326 e. The maximum atomic E-state index is 13.3. The number of nitrogens with zero attached hydrogens (tertiary/aromatic N) is 2. The fourth-order valence-electron chi connectivity index (χ4n) is 2.47. The maximum absolute atomic E-state index is 13.3. The Hall–Kier alpha value is -3.14. The highest BCUT2D eigenvalue weighted by atomic mass is 32.2. The van der Waals surface area contributed by atoms with Gasteiger partial charge < -0.3 is 9.47 Å². The lowest BCUT2D eigenvalue weighted by Gasteiger charge is -2.24. The molecular formula is C18H20N2O7S. The minimum Gasteiger partial charge on any atom is -0.494 e. The summed E-state index contributed by atoms with van der Waals surface area (Å²) in [6, 6.07) is 9.65. The number of carbonyl (C=O) groups excluding carboxylic acids is 1. The molecule has 0 saturated heterocycles. The highest BCUT2D eigenvalue weighted by Gasteiger charge is 2.30. The molecule has 0 amide bonds. The van der Waals surface area contributed by atoms with Crippen LogP contribution in [0.25, 0.3) is 0 Å². The molecule has 0 radical (unpaired) electrons. The second-order valence-electron chi connectivity index (χ2n) is 5.72. The first-order chi connectivity index (χ1) is 13.2. The van der Waals surface area contributed by atoms with E-state index in [1.165, 1.54) is 31.2 Å². The first kappa shape index (κ1) is 21.2. The average molecular weight is 408 g/mol. The van der Waals surface area contributed by atoms with Crippen molar-refractivity contribution in [1.82, 2.24) is 0 Å². The summed E-state index contributed by atoms with van der Waals surface area (Å²) in [6.07, 6.45) is 0. The predicted molar refractivity (Wildman–Crippen MR) is 102 cm³/mol. The Morgan fingerprint density at radius 2 is 1.82 bits per heavy atom. The zero-order valence-electron chi connectivity index (χ0n) is 15.6. The van der Waals surface area contributed by atoms with Crippen LogP contribution in [0.15, 0.2) is 47.4 Å². The first-order valence-corrected chi connectivity index (χ1v) is 9.72. The Labute approximate surface area is 162 Å². The standard InChI is InChI=1S/C18H20N2O7S/c1-4-27-16-9-7-14(8-10-16)19(12-18(21)26-3)28(24,25)17-11-15(20(22)23)6-5-13(17)2/h5-11H,4,12H2,1-3H3. The van der Waals surface area contributed by atoms with Gasteiger partial charge in [0.2, 0.25) is 0 Å². The SMILES string of the molecule is CCOc1ccc(N(CC(=O)OC)S(=O)(=O)c2cc([N+](=O)[O-])ccc2C)cc1. The number of benzene rings is 2. The fraction of sp³-hybridized carbons (Fsp3) is 0.278. The number of rotatable bonds is 8. The molecule has 2 aromatic rings. The van der Waals surface area contributed by atoms with Crippen LogP contribution in [0, 0.1) is 17.0 Å². The molecule has 0 heterocycles. The second-order valence-corrected chi connectivity index (χ2v) is 7.55. The van der Waals surface area contributed by atoms with E-state index in [0.717, 1.165) is 17.5 Å². The molecule has 0 aliphatic carbocycles. The zero-order chi connectivity index (χ0) is 20.9. The number of methoxy groups -OCH3 is 1. The number of sulfonamides is 1. The van der Waals surface area contributed by atoms with Crippen LogP contribution < -0.4 is 9.04 Å². The third-order valence-electron chi connectivity index (χ3n) is 3.89. The van der Waals surface area contributed by atoms with Crippen LogP contribution in [0.1, 0.15) is 12.5 Å². The van der Waals surface area contributed by atoms with E-state index in [-0.39, 0.29) is 16.3 Å². The van der Waals surface area contributed by atoms with Crippen molar-refractivity contribution < 1.29 is 27.6 Å². The van der Waals surface area contributed by atoms with Gasteiger partial charge in [0.05, 0.1) is 29.2 Å². The van der Waals surface area contributed by atoms with Crippen molar-refractivity contribution in [2.45, 2.75) is 18.7 Å². The summed E-state index contributed by atoms with van der Waals surface area (Å²) >= 11 is 0. The number of esters is 1. The number of carbonyl (C=O) groups is 1. The molecule has 0 spiro atoms. The van der Waals surface area contributed by atoms with E-state index in [2.05, 4.69) is 4.74 Å². The van der Waals surface area contributed by atoms with Crippen LogP contribution in [0.5, 0.6) is 5.75 Å². The minimum absolute atomic E-state index is 0.194. The Kier molecular flexibility index (Phi) is 6.57. The molecule has 2 aromatic carbocycles. The number of ether oxygens (including phenoxy) is 2. The van der Waals surface area contributed by atoms with Gasteiger partial charge in [-0.15, -0.1) is 0 Å². The van der Waals surface area contributed by atoms with E-state index in [0.29, 0.717) is 17.9 Å². The van der Waals surface area contributed by atoms with Gasteiger partial charge in [-0.05, 0) is 43.7 Å². The quantitative estimate of drug-likeness (QED) is 0.374. The number of non-ortho nitro benzene ring substituents is 1. The van der Waals surface area contributed by atoms with E-state index in [9.17, 15) is 23.3 Å². The lowest BCUT2D eigenvalue weighted by Crippen LogP contribution is -2.36. The van der Waals surface area contributed by atoms with Crippen molar-refractivity contribution in [1.29, 1.82) is 0 Å². The molecule has 2 rings (SSSR count). The van der Waals surface area contributed by atoms with Gasteiger partial charge in [-0.1, -0.05) is 6.07 Å². The number of nitro benzene ring substituents is 1. The highest BCUT2D eigenvalue weighted by molar-refractivity contribution is 7.93. The minimum atomic E-state index is -4.28. The molecule has 0 aromatic heterocycles. The van der Waals surface area contributed by atoms with Gasteiger partial charge in [-0.25, -0.2) is 8.42 Å². The zero-order valence-corrected chi connectivity index (χ0v) is 16.4. The van der Waals surface area contributed by atoms with E-state index in [1.54, 1.807) is 12.1 Å². The number of hydrogen-bond donors (Lipinski definition) is 0. The molecule has 0 aliphatic heterocycles. The largest absolute Gasteiger partial charge is 0.494 e. The molecule has 0 unspecified atom stereocenters. The van der Waals surface area contributed by atoms with Crippen molar-refractivity contribution in [3.8, 4) is 5.75 Å². The predicted octanol–water partition coefficient (Wildman–Crippen LogP) is 2.67. The number of hydrogen-bond acceptors (Lipinski definition) is 7. The molecule has 9 nitrogen and oxygen atoms in total. The van der Waals surface area contributed by atoms with E-state index < -0.39 is 27.5 Å². The molecule has 28 heavy (non-hydrogen) atoms. The molecular weight excluding hydrogens is 388 g/mol. The number of anilines is 1. The van der Waals surface area contributed by atoms with Gasteiger partial charge >= 0.3 is 5.97 Å². The molecule has 0 bridgehead atoms. The summed E-state index contributed by atoms with van der Waals surface area (Å²) in [6.45, 7) is 3.18. The molecule has 0 saturated carbocycles. The Bertz CT molecular complexity index is 972. The topological polar surface area (TPSA) is 116 Å². The van der Waals surface area contributed by atoms with E-state index in [1.807, 2.05) is 6.92 Å². The van der Waals surface area contributed by atoms with Crippen molar-refractivity contribution in [3.05, 3.63) is 58.1 Å². The normalized spacial score (nSPS) is 11.0. The van der Waals surface area contributed by atoms with E-state index in [4.69, 9.17) is 4.74 Å². The average Bonchev–Trinajstić information content (AvgIpc) is 2.66. The summed E-state index contributed by atoms with van der Waals surface area (Å²) < 4.78 is 37.3. The number of aryl methyl sites for hydroxylation is 1. The monoisotopic (exact) mass is 408 g/mol. The molecule has 10 heteroatoms. The Morgan fingerprint density at radius 1 is 1.18 bits per heavy atom. The van der Waals surface area contributed by atoms with Crippen molar-refractivity contribution >= 4 is 27.4 Å². The number of nitro groups is 1. The van der Waals surface area contributed by atoms with Crippen LogP contribution >= 0.6 is 0 Å². The second kappa shape index (κ2) is 8.70. The first-order valence-electron chi connectivity index (χ1n) is 8.28. The molecule has 0 aliphatic rings. The molecule has 0 atom stereocenters. The summed E-state index contributed by atoms with van der Waals surface area (Å²) in [5.41, 5.74) is 0.139. The molecule has 0 N–H and O–H groups in total. The lowest BCUT2D eigenvalue weighted by atomic mass is 10.2. The van der Waals surface area contributed by atoms with Gasteiger partial charge in [0.25, 0.3) is 15.7 Å². The van der Waals surface area contributed by atoms with Crippen LogP contribution in [0.3, 0.4) is 0 Å². The van der Waals surface area contributed by atoms with E-state index >= 15 is 0 Å². The maximum Gasteiger partial charge on any atom is 0.326 e. The molecule has 150 valence electrons. The lowest BCUT2D eigenvalue weighted by molar-refractivity contribution is -0.385. The third kappa shape index (κ3) is 4.58.